The highest BCUT2D eigenvalue weighted by atomic mass is 16.1. The zero-order valence-electron chi connectivity index (χ0n) is 27.3. The van der Waals surface area contributed by atoms with Crippen LogP contribution in [0, 0.1) is 24.7 Å². The lowest BCUT2D eigenvalue weighted by atomic mass is 9.71. The van der Waals surface area contributed by atoms with Crippen molar-refractivity contribution in [2.24, 2.45) is 17.8 Å². The monoisotopic (exact) mass is 558 g/mol. The van der Waals surface area contributed by atoms with E-state index >= 15 is 0 Å². The van der Waals surface area contributed by atoms with Crippen molar-refractivity contribution in [3.05, 3.63) is 82.4 Å². The molecule has 2 aromatic rings. The van der Waals surface area contributed by atoms with E-state index < -0.39 is 0 Å². The molecule has 2 heteroatoms. The molecule has 0 amide bonds. The summed E-state index contributed by atoms with van der Waals surface area (Å²) in [7, 11) is 0. The normalized spacial score (nSPS) is 17.8. The third-order valence-electron chi connectivity index (χ3n) is 8.78. The summed E-state index contributed by atoms with van der Waals surface area (Å²) in [4.78, 5) is 25.7. The van der Waals surface area contributed by atoms with Crippen LogP contribution >= 0.6 is 0 Å². The third-order valence-corrected chi connectivity index (χ3v) is 8.78. The third kappa shape index (κ3) is 11.7. The Morgan fingerprint density at radius 2 is 1.56 bits per heavy atom. The Balaban J connectivity index is 0.00000187. The molecule has 1 saturated carbocycles. The molecule has 0 bridgehead atoms. The maximum Gasteiger partial charge on any atom is 0.165 e. The van der Waals surface area contributed by atoms with Crippen molar-refractivity contribution in [2.45, 2.75) is 131 Å². The number of hydrogen-bond donors (Lipinski definition) is 0. The van der Waals surface area contributed by atoms with Crippen LogP contribution in [-0.4, -0.2) is 11.6 Å². The van der Waals surface area contributed by atoms with Crippen molar-refractivity contribution in [3.8, 4) is 0 Å². The van der Waals surface area contributed by atoms with Gasteiger partial charge in [0.1, 0.15) is 0 Å². The number of Topliss-reactive ketones (excluding diaryl/α,β-unsaturated/α-hetero) is 1. The zero-order chi connectivity index (χ0) is 30.2. The largest absolute Gasteiger partial charge is 0.295 e. The Kier molecular flexibility index (Phi) is 16.0. The molecule has 0 aromatic heterocycles. The van der Waals surface area contributed by atoms with Gasteiger partial charge in [-0.3, -0.25) is 9.59 Å². The minimum Gasteiger partial charge on any atom is -0.295 e. The molecule has 3 rings (SSSR count). The Hall–Kier alpha value is -2.48. The van der Waals surface area contributed by atoms with E-state index in [9.17, 15) is 9.59 Å². The number of hydrogen-bond acceptors (Lipinski definition) is 2. The van der Waals surface area contributed by atoms with Crippen LogP contribution in [0.5, 0.6) is 0 Å². The topological polar surface area (TPSA) is 34.1 Å². The zero-order valence-corrected chi connectivity index (χ0v) is 27.3. The molecular formula is C39H58O2. The second kappa shape index (κ2) is 18.9. The van der Waals surface area contributed by atoms with Gasteiger partial charge in [-0.15, -0.1) is 0 Å². The van der Waals surface area contributed by atoms with Gasteiger partial charge in [-0.25, -0.2) is 0 Å². The summed E-state index contributed by atoms with van der Waals surface area (Å²) in [6, 6.07) is 15.0. The molecule has 0 aliphatic heterocycles. The molecule has 0 N–H and O–H groups in total. The molecule has 0 spiro atoms. The molecule has 1 atom stereocenters. The van der Waals surface area contributed by atoms with Gasteiger partial charge in [-0.05, 0) is 110 Å². The van der Waals surface area contributed by atoms with Crippen molar-refractivity contribution in [2.75, 3.05) is 0 Å². The lowest BCUT2D eigenvalue weighted by Gasteiger charge is -2.33. The Bertz CT molecular complexity index is 1070. The van der Waals surface area contributed by atoms with Gasteiger partial charge in [-0.2, -0.15) is 0 Å². The summed E-state index contributed by atoms with van der Waals surface area (Å²) < 4.78 is 0. The predicted octanol–water partition coefficient (Wildman–Crippen LogP) is 11.0. The minimum absolute atomic E-state index is 0.175. The fourth-order valence-electron chi connectivity index (χ4n) is 6.31. The number of rotatable bonds is 14. The Morgan fingerprint density at radius 3 is 2.12 bits per heavy atom. The van der Waals surface area contributed by atoms with E-state index in [0.29, 0.717) is 30.0 Å². The summed E-state index contributed by atoms with van der Waals surface area (Å²) in [5.74, 6) is 2.69. The smallest absolute Gasteiger partial charge is 0.165 e. The molecular weight excluding hydrogens is 500 g/mol. The number of allylic oxidation sites excluding steroid dienone is 2. The van der Waals surface area contributed by atoms with Crippen molar-refractivity contribution in [1.82, 2.24) is 0 Å². The molecule has 2 aromatic carbocycles. The molecule has 1 fully saturated rings. The molecule has 1 aliphatic rings. The highest BCUT2D eigenvalue weighted by molar-refractivity contribution is 5.98. The van der Waals surface area contributed by atoms with Crippen LogP contribution in [0.15, 0.2) is 54.6 Å². The minimum atomic E-state index is 0.175. The first-order chi connectivity index (χ1) is 19.7. The summed E-state index contributed by atoms with van der Waals surface area (Å²) >= 11 is 0. The van der Waals surface area contributed by atoms with E-state index in [1.165, 1.54) is 41.5 Å². The SMILES string of the molecule is CCC.CCCC(CCCC(=O)/C=C\Cc1ccc(C(C)C)cc1)C1CCC(C(=O)c2ccc(CC)c(C)c2)CC1. The summed E-state index contributed by atoms with van der Waals surface area (Å²) in [6.45, 7) is 15.2. The Labute approximate surface area is 252 Å². The van der Waals surface area contributed by atoms with Crippen molar-refractivity contribution in [1.29, 1.82) is 0 Å². The van der Waals surface area contributed by atoms with Crippen LogP contribution in [0.2, 0.25) is 0 Å². The lowest BCUT2D eigenvalue weighted by molar-refractivity contribution is -0.114. The van der Waals surface area contributed by atoms with Crippen LogP contribution in [0.25, 0.3) is 0 Å². The Morgan fingerprint density at radius 1 is 0.902 bits per heavy atom. The first-order valence-electron chi connectivity index (χ1n) is 16.7. The maximum absolute atomic E-state index is 13.2. The average Bonchev–Trinajstić information content (AvgIpc) is 2.97. The number of benzene rings is 2. The van der Waals surface area contributed by atoms with Gasteiger partial charge in [0.2, 0.25) is 0 Å². The van der Waals surface area contributed by atoms with E-state index in [2.05, 4.69) is 84.9 Å². The number of aryl methyl sites for hydroxylation is 2. The van der Waals surface area contributed by atoms with Crippen molar-refractivity contribution >= 4 is 11.6 Å². The van der Waals surface area contributed by atoms with Crippen molar-refractivity contribution < 1.29 is 9.59 Å². The lowest BCUT2D eigenvalue weighted by Crippen LogP contribution is -2.26. The van der Waals surface area contributed by atoms with Gasteiger partial charge in [0.05, 0.1) is 0 Å². The second-order valence-electron chi connectivity index (χ2n) is 12.6. The van der Waals surface area contributed by atoms with Gasteiger partial charge in [0, 0.05) is 17.9 Å². The average molecular weight is 559 g/mol. The van der Waals surface area contributed by atoms with E-state index in [4.69, 9.17) is 0 Å². The molecule has 1 unspecified atom stereocenters. The summed E-state index contributed by atoms with van der Waals surface area (Å²) in [5, 5.41) is 0. The van der Waals surface area contributed by atoms with Crippen LogP contribution in [-0.2, 0) is 17.6 Å². The fraction of sp³-hybridized carbons (Fsp3) is 0.590. The highest BCUT2D eigenvalue weighted by Gasteiger charge is 2.30. The van der Waals surface area contributed by atoms with E-state index in [-0.39, 0.29) is 11.7 Å². The molecule has 0 heterocycles. The fourth-order valence-corrected chi connectivity index (χ4v) is 6.31. The van der Waals surface area contributed by atoms with Gasteiger partial charge < -0.3 is 0 Å². The molecule has 0 saturated heterocycles. The quantitative estimate of drug-likeness (QED) is 0.171. The van der Waals surface area contributed by atoms with E-state index in [0.717, 1.165) is 56.9 Å². The van der Waals surface area contributed by atoms with Gasteiger partial charge >= 0.3 is 0 Å². The van der Waals surface area contributed by atoms with Crippen LogP contribution in [0.4, 0.5) is 0 Å². The molecule has 1 aliphatic carbocycles. The maximum atomic E-state index is 13.2. The molecule has 41 heavy (non-hydrogen) atoms. The predicted molar refractivity (Wildman–Crippen MR) is 177 cm³/mol. The second-order valence-corrected chi connectivity index (χ2v) is 12.6. The molecule has 0 radical (unpaired) electrons. The number of ketones is 2. The number of carbonyl (C=O) groups is 2. The molecule has 2 nitrogen and oxygen atoms in total. The highest BCUT2D eigenvalue weighted by Crippen LogP contribution is 2.39. The first-order valence-corrected chi connectivity index (χ1v) is 16.7. The first kappa shape index (κ1) is 34.7. The van der Waals surface area contributed by atoms with Crippen molar-refractivity contribution in [3.63, 3.8) is 0 Å². The standard InChI is InChI=1S/C36H50O2.C3H8/c1-6-10-31(12-9-14-35(37)13-8-11-28-15-17-30(18-16-28)26(3)4)32-20-22-33(23-21-32)36(38)34-24-19-29(7-2)27(5)25-34;1-3-2/h8,13,15-19,24-26,31-33H,6-7,9-12,14,20-23H2,1-5H3;3H2,1-2H3/b13-8-;. The van der Waals surface area contributed by atoms with Gasteiger partial charge in [0.25, 0.3) is 0 Å². The van der Waals surface area contributed by atoms with Crippen LogP contribution < -0.4 is 0 Å². The summed E-state index contributed by atoms with van der Waals surface area (Å²) in [6.07, 6.45) is 16.4. The molecule has 226 valence electrons. The van der Waals surface area contributed by atoms with Gasteiger partial charge in [-0.1, -0.05) is 103 Å². The van der Waals surface area contributed by atoms with Gasteiger partial charge in [0.15, 0.2) is 11.6 Å². The van der Waals surface area contributed by atoms with Crippen LogP contribution in [0.1, 0.15) is 144 Å². The van der Waals surface area contributed by atoms with E-state index in [1.54, 1.807) is 6.08 Å². The van der Waals surface area contributed by atoms with E-state index in [1.807, 2.05) is 12.1 Å². The summed E-state index contributed by atoms with van der Waals surface area (Å²) in [5.41, 5.74) is 6.07. The number of carbonyl (C=O) groups excluding carboxylic acids is 2. The van der Waals surface area contributed by atoms with Crippen LogP contribution in [0.3, 0.4) is 0 Å².